The molecular formula is C19H29NO6S. The monoisotopic (exact) mass is 399 g/mol. The van der Waals surface area contributed by atoms with Gasteiger partial charge in [-0.25, -0.2) is 4.79 Å². The summed E-state index contributed by atoms with van der Waals surface area (Å²) in [5.41, 5.74) is 0.490. The smallest absolute Gasteiger partial charge is 0.410 e. The summed E-state index contributed by atoms with van der Waals surface area (Å²) in [6.07, 6.45) is 1.34. The van der Waals surface area contributed by atoms with Crippen molar-refractivity contribution >= 4 is 16.2 Å². The zero-order valence-electron chi connectivity index (χ0n) is 16.6. The number of rotatable bonds is 5. The molecule has 0 N–H and O–H groups in total. The molecule has 1 amide bonds. The molecule has 0 saturated carbocycles. The van der Waals surface area contributed by atoms with E-state index in [-0.39, 0.29) is 24.5 Å². The second-order valence-corrected chi connectivity index (χ2v) is 9.49. The van der Waals surface area contributed by atoms with Gasteiger partial charge in [0.25, 0.3) is 10.1 Å². The van der Waals surface area contributed by atoms with E-state index in [2.05, 4.69) is 0 Å². The van der Waals surface area contributed by atoms with E-state index in [0.29, 0.717) is 19.5 Å². The molecule has 0 aromatic heterocycles. The fraction of sp³-hybridized carbons (Fsp3) is 0.632. The van der Waals surface area contributed by atoms with Gasteiger partial charge >= 0.3 is 6.09 Å². The van der Waals surface area contributed by atoms with Crippen LogP contribution in [0.5, 0.6) is 5.75 Å². The van der Waals surface area contributed by atoms with E-state index in [1.807, 2.05) is 45.0 Å². The Morgan fingerprint density at radius 1 is 1.22 bits per heavy atom. The lowest BCUT2D eigenvalue weighted by atomic mass is 9.81. The number of likely N-dealkylation sites (tertiary alicyclic amines) is 1. The molecule has 2 atom stereocenters. The van der Waals surface area contributed by atoms with Crippen LogP contribution in [-0.2, 0) is 19.0 Å². The maximum Gasteiger partial charge on any atom is 0.410 e. The van der Waals surface area contributed by atoms with Gasteiger partial charge < -0.3 is 14.4 Å². The first kappa shape index (κ1) is 21.5. The highest BCUT2D eigenvalue weighted by molar-refractivity contribution is 7.85. The molecule has 1 saturated heterocycles. The van der Waals surface area contributed by atoms with Crippen molar-refractivity contribution in [1.29, 1.82) is 0 Å². The Hall–Kier alpha value is -1.80. The molecule has 27 heavy (non-hydrogen) atoms. The predicted molar refractivity (Wildman–Crippen MR) is 102 cm³/mol. The lowest BCUT2D eigenvalue weighted by Crippen LogP contribution is -2.46. The Morgan fingerprint density at radius 3 is 2.37 bits per heavy atom. The van der Waals surface area contributed by atoms with Gasteiger partial charge in [-0.15, -0.1) is 0 Å². The number of methoxy groups -OCH3 is 1. The van der Waals surface area contributed by atoms with Crippen LogP contribution in [0.2, 0.25) is 0 Å². The summed E-state index contributed by atoms with van der Waals surface area (Å²) in [5.74, 6) is 0.680. The van der Waals surface area contributed by atoms with Gasteiger partial charge in [0, 0.05) is 19.0 Å². The van der Waals surface area contributed by atoms with E-state index < -0.39 is 15.7 Å². The van der Waals surface area contributed by atoms with Gasteiger partial charge in [0.1, 0.15) is 11.4 Å². The third-order valence-corrected chi connectivity index (χ3v) is 4.99. The fourth-order valence-electron chi connectivity index (χ4n) is 3.19. The quantitative estimate of drug-likeness (QED) is 0.708. The number of carbonyl (C=O) groups is 1. The topological polar surface area (TPSA) is 82.1 Å². The first-order valence-electron chi connectivity index (χ1n) is 8.95. The van der Waals surface area contributed by atoms with Crippen LogP contribution in [0.3, 0.4) is 0 Å². The minimum absolute atomic E-state index is 0.0226. The Labute approximate surface area is 161 Å². The number of piperidine rings is 1. The van der Waals surface area contributed by atoms with E-state index in [1.54, 1.807) is 12.0 Å². The van der Waals surface area contributed by atoms with Gasteiger partial charge in [-0.2, -0.15) is 8.42 Å². The highest BCUT2D eigenvalue weighted by Crippen LogP contribution is 2.35. The predicted octanol–water partition coefficient (Wildman–Crippen LogP) is 3.01. The number of nitrogens with zero attached hydrogens (tertiary/aromatic N) is 1. The molecule has 1 aromatic carbocycles. The molecule has 0 unspecified atom stereocenters. The third kappa shape index (κ3) is 6.70. The van der Waals surface area contributed by atoms with E-state index >= 15 is 0 Å². The maximum absolute atomic E-state index is 12.4. The summed E-state index contributed by atoms with van der Waals surface area (Å²) >= 11 is 0. The summed E-state index contributed by atoms with van der Waals surface area (Å²) < 4.78 is 38.6. The Bertz CT molecular complexity index is 738. The number of hydrogen-bond acceptors (Lipinski definition) is 6. The van der Waals surface area contributed by atoms with Gasteiger partial charge in [-0.05, 0) is 50.8 Å². The summed E-state index contributed by atoms with van der Waals surface area (Å²) in [6.45, 7) is 6.40. The average molecular weight is 400 g/mol. The lowest BCUT2D eigenvalue weighted by Gasteiger charge is -2.39. The number of benzene rings is 1. The van der Waals surface area contributed by atoms with E-state index in [4.69, 9.17) is 13.7 Å². The van der Waals surface area contributed by atoms with Crippen molar-refractivity contribution in [3.63, 3.8) is 0 Å². The summed E-state index contributed by atoms with van der Waals surface area (Å²) in [7, 11) is -1.95. The molecule has 1 heterocycles. The summed E-state index contributed by atoms with van der Waals surface area (Å²) in [4.78, 5) is 14.0. The molecule has 1 fully saturated rings. The molecule has 2 rings (SSSR count). The molecule has 8 heteroatoms. The molecule has 0 bridgehead atoms. The minimum atomic E-state index is -3.56. The van der Waals surface area contributed by atoms with Gasteiger partial charge in [0.05, 0.1) is 20.0 Å². The Morgan fingerprint density at radius 2 is 1.85 bits per heavy atom. The van der Waals surface area contributed by atoms with Crippen LogP contribution < -0.4 is 4.74 Å². The van der Waals surface area contributed by atoms with E-state index in [9.17, 15) is 13.2 Å². The molecular weight excluding hydrogens is 370 g/mol. The van der Waals surface area contributed by atoms with Crippen molar-refractivity contribution in [2.75, 3.05) is 33.1 Å². The van der Waals surface area contributed by atoms with Crippen LogP contribution in [0.15, 0.2) is 24.3 Å². The van der Waals surface area contributed by atoms with Crippen LogP contribution in [0.1, 0.15) is 38.7 Å². The standard InChI is InChI=1S/C19H29NO6S/c1-19(2,3)26-18(21)20-11-10-17(14-6-8-16(24-4)9-7-14)15(12-20)13-25-27(5,22)23/h6-9,15,17H,10-13H2,1-5H3/t15-,17-/m0/s1. The van der Waals surface area contributed by atoms with Crippen molar-refractivity contribution in [3.8, 4) is 5.75 Å². The highest BCUT2D eigenvalue weighted by Gasteiger charge is 2.35. The zero-order chi connectivity index (χ0) is 20.2. The van der Waals surface area contributed by atoms with Crippen molar-refractivity contribution < 1.29 is 26.9 Å². The minimum Gasteiger partial charge on any atom is -0.497 e. The van der Waals surface area contributed by atoms with Crippen LogP contribution >= 0.6 is 0 Å². The second kappa shape index (κ2) is 8.48. The normalized spacial score (nSPS) is 21.0. The Kier molecular flexibility index (Phi) is 6.75. The molecule has 0 radical (unpaired) electrons. The van der Waals surface area contributed by atoms with Crippen molar-refractivity contribution in [2.45, 2.75) is 38.7 Å². The van der Waals surface area contributed by atoms with Gasteiger partial charge in [0.15, 0.2) is 0 Å². The van der Waals surface area contributed by atoms with Crippen molar-refractivity contribution in [2.24, 2.45) is 5.92 Å². The van der Waals surface area contributed by atoms with Gasteiger partial charge in [-0.1, -0.05) is 12.1 Å². The first-order valence-corrected chi connectivity index (χ1v) is 10.8. The number of amides is 1. The van der Waals surface area contributed by atoms with Crippen molar-refractivity contribution in [1.82, 2.24) is 4.90 Å². The van der Waals surface area contributed by atoms with Crippen LogP contribution in [0, 0.1) is 5.92 Å². The SMILES string of the molecule is COc1ccc([C@@H]2CCN(C(=O)OC(C)(C)C)C[C@H]2COS(C)(=O)=O)cc1. The van der Waals surface area contributed by atoms with Gasteiger partial charge in [-0.3, -0.25) is 4.18 Å². The van der Waals surface area contributed by atoms with Crippen LogP contribution in [0.25, 0.3) is 0 Å². The zero-order valence-corrected chi connectivity index (χ0v) is 17.4. The average Bonchev–Trinajstić information content (AvgIpc) is 2.57. The maximum atomic E-state index is 12.4. The van der Waals surface area contributed by atoms with Crippen molar-refractivity contribution in [3.05, 3.63) is 29.8 Å². The lowest BCUT2D eigenvalue weighted by molar-refractivity contribution is 0.0114. The molecule has 0 spiro atoms. The van der Waals surface area contributed by atoms with Crippen LogP contribution in [0.4, 0.5) is 4.79 Å². The molecule has 1 aliphatic heterocycles. The first-order chi connectivity index (χ1) is 12.5. The number of carbonyl (C=O) groups excluding carboxylic acids is 1. The van der Waals surface area contributed by atoms with Gasteiger partial charge in [0.2, 0.25) is 0 Å². The summed E-state index contributed by atoms with van der Waals surface area (Å²) in [5, 5.41) is 0. The summed E-state index contributed by atoms with van der Waals surface area (Å²) in [6, 6.07) is 7.70. The number of hydrogen-bond donors (Lipinski definition) is 0. The largest absolute Gasteiger partial charge is 0.497 e. The molecule has 1 aliphatic rings. The molecule has 7 nitrogen and oxygen atoms in total. The third-order valence-electron chi connectivity index (χ3n) is 4.43. The molecule has 0 aliphatic carbocycles. The van der Waals surface area contributed by atoms with E-state index in [0.717, 1.165) is 17.6 Å². The number of ether oxygens (including phenoxy) is 2. The Balaban J connectivity index is 2.17. The van der Waals surface area contributed by atoms with E-state index in [1.165, 1.54) is 0 Å². The highest BCUT2D eigenvalue weighted by atomic mass is 32.2. The molecule has 152 valence electrons. The fourth-order valence-corrected chi connectivity index (χ4v) is 3.62. The van der Waals surface area contributed by atoms with Crippen LogP contribution in [-0.4, -0.2) is 58.1 Å². The molecule has 1 aromatic rings. The second-order valence-electron chi connectivity index (χ2n) is 7.84.